The lowest BCUT2D eigenvalue weighted by atomic mass is 10.1. The Balaban J connectivity index is 1.98. The van der Waals surface area contributed by atoms with Crippen molar-refractivity contribution in [1.29, 1.82) is 0 Å². The zero-order valence-electron chi connectivity index (χ0n) is 7.58. The van der Waals surface area contributed by atoms with Crippen LogP contribution in [-0.2, 0) is 0 Å². The summed E-state index contributed by atoms with van der Waals surface area (Å²) in [6, 6.07) is 0.884. The van der Waals surface area contributed by atoms with Crippen molar-refractivity contribution in [2.24, 2.45) is 5.92 Å². The topological polar surface area (TPSA) is 6.48 Å². The molecule has 0 aromatic carbocycles. The lowest BCUT2D eigenvalue weighted by molar-refractivity contribution is 0.267. The van der Waals surface area contributed by atoms with Gasteiger partial charge in [0, 0.05) is 19.1 Å². The molecule has 0 aliphatic carbocycles. The van der Waals surface area contributed by atoms with Crippen LogP contribution in [0.15, 0.2) is 0 Å². The van der Waals surface area contributed by atoms with Gasteiger partial charge in [0.1, 0.15) is 0 Å². The summed E-state index contributed by atoms with van der Waals surface area (Å²) >= 11 is 0. The van der Waals surface area contributed by atoms with Crippen LogP contribution < -0.4 is 0 Å². The maximum Gasteiger partial charge on any atom is 0.0261 e. The van der Waals surface area contributed by atoms with E-state index in [4.69, 9.17) is 0 Å². The molecule has 0 saturated carbocycles. The number of rotatable bonds is 1. The third-order valence-electron chi connectivity index (χ3n) is 3.35. The van der Waals surface area contributed by atoms with Gasteiger partial charge in [0.2, 0.25) is 0 Å². The number of fused-ring (bicyclic) bond motifs is 1. The van der Waals surface area contributed by atoms with Crippen LogP contribution in [0.5, 0.6) is 0 Å². The first-order chi connectivity index (χ1) is 5.31. The third kappa shape index (κ3) is 1.18. The number of likely N-dealkylation sites (tertiary alicyclic amines) is 2. The van der Waals surface area contributed by atoms with E-state index in [2.05, 4.69) is 23.8 Å². The van der Waals surface area contributed by atoms with Gasteiger partial charge in [0.25, 0.3) is 0 Å². The van der Waals surface area contributed by atoms with Gasteiger partial charge in [-0.05, 0) is 32.5 Å². The molecule has 2 aliphatic rings. The standard InChI is InChI=1S/C9H18N2/c1-3-11-6-8-4-5-10(2)9(8)7-11/h8-9H,3-7H2,1-2H3/t8-,9+/m0/s1. The summed E-state index contributed by atoms with van der Waals surface area (Å²) in [5, 5.41) is 0. The van der Waals surface area contributed by atoms with Gasteiger partial charge in [0.15, 0.2) is 0 Å². The van der Waals surface area contributed by atoms with Crippen molar-refractivity contribution in [1.82, 2.24) is 9.80 Å². The molecule has 0 bridgehead atoms. The average molecular weight is 154 g/mol. The van der Waals surface area contributed by atoms with E-state index in [1.54, 1.807) is 0 Å². The van der Waals surface area contributed by atoms with E-state index in [1.807, 2.05) is 0 Å². The van der Waals surface area contributed by atoms with Crippen molar-refractivity contribution in [2.45, 2.75) is 19.4 Å². The molecule has 0 aromatic heterocycles. The van der Waals surface area contributed by atoms with Crippen molar-refractivity contribution in [2.75, 3.05) is 33.2 Å². The largest absolute Gasteiger partial charge is 0.302 e. The molecule has 11 heavy (non-hydrogen) atoms. The van der Waals surface area contributed by atoms with Crippen LogP contribution in [0.25, 0.3) is 0 Å². The highest BCUT2D eigenvalue weighted by Gasteiger charge is 2.38. The summed E-state index contributed by atoms with van der Waals surface area (Å²) in [7, 11) is 2.27. The maximum absolute atomic E-state index is 2.57. The highest BCUT2D eigenvalue weighted by Crippen LogP contribution is 2.29. The Morgan fingerprint density at radius 1 is 1.36 bits per heavy atom. The Morgan fingerprint density at radius 3 is 2.82 bits per heavy atom. The smallest absolute Gasteiger partial charge is 0.0261 e. The van der Waals surface area contributed by atoms with Crippen molar-refractivity contribution in [3.63, 3.8) is 0 Å². The maximum atomic E-state index is 2.57. The normalized spacial score (nSPS) is 39.8. The van der Waals surface area contributed by atoms with Crippen LogP contribution in [0.1, 0.15) is 13.3 Å². The van der Waals surface area contributed by atoms with Crippen LogP contribution in [0.2, 0.25) is 0 Å². The van der Waals surface area contributed by atoms with Gasteiger partial charge in [0.05, 0.1) is 0 Å². The first-order valence-electron chi connectivity index (χ1n) is 4.74. The van der Waals surface area contributed by atoms with Gasteiger partial charge in [-0.2, -0.15) is 0 Å². The van der Waals surface area contributed by atoms with Crippen molar-refractivity contribution >= 4 is 0 Å². The summed E-state index contributed by atoms with van der Waals surface area (Å²) in [6.45, 7) is 7.50. The number of hydrogen-bond acceptors (Lipinski definition) is 2. The minimum Gasteiger partial charge on any atom is -0.302 e. The summed E-state index contributed by atoms with van der Waals surface area (Å²) in [4.78, 5) is 5.10. The second-order valence-electron chi connectivity index (χ2n) is 3.95. The molecule has 0 aromatic rings. The van der Waals surface area contributed by atoms with Crippen molar-refractivity contribution < 1.29 is 0 Å². The molecule has 2 fully saturated rings. The molecule has 2 aliphatic heterocycles. The molecule has 0 unspecified atom stereocenters. The van der Waals surface area contributed by atoms with Gasteiger partial charge in [-0.1, -0.05) is 6.92 Å². The van der Waals surface area contributed by atoms with Crippen LogP contribution in [0.3, 0.4) is 0 Å². The summed E-state index contributed by atoms with van der Waals surface area (Å²) in [5.74, 6) is 0.986. The molecule has 2 heteroatoms. The zero-order valence-corrected chi connectivity index (χ0v) is 7.58. The molecule has 2 heterocycles. The van der Waals surface area contributed by atoms with Gasteiger partial charge in [-0.15, -0.1) is 0 Å². The monoisotopic (exact) mass is 154 g/mol. The van der Waals surface area contributed by atoms with E-state index >= 15 is 0 Å². The zero-order chi connectivity index (χ0) is 7.84. The van der Waals surface area contributed by atoms with Crippen molar-refractivity contribution in [3.8, 4) is 0 Å². The van der Waals surface area contributed by atoms with E-state index in [0.29, 0.717) is 0 Å². The fourth-order valence-electron chi connectivity index (χ4n) is 2.52. The third-order valence-corrected chi connectivity index (χ3v) is 3.35. The molecule has 0 spiro atoms. The lowest BCUT2D eigenvalue weighted by Crippen LogP contribution is -2.31. The first-order valence-corrected chi connectivity index (χ1v) is 4.74. The summed E-state index contributed by atoms with van der Waals surface area (Å²) in [6.07, 6.45) is 1.43. The fourth-order valence-corrected chi connectivity index (χ4v) is 2.52. The van der Waals surface area contributed by atoms with Crippen LogP contribution >= 0.6 is 0 Å². The lowest BCUT2D eigenvalue weighted by Gasteiger charge is -2.19. The molecular weight excluding hydrogens is 136 g/mol. The molecule has 2 saturated heterocycles. The minimum atomic E-state index is 0.884. The molecule has 0 N–H and O–H groups in total. The predicted octanol–water partition coefficient (Wildman–Crippen LogP) is 0.642. The molecule has 0 amide bonds. The minimum absolute atomic E-state index is 0.884. The molecule has 2 atom stereocenters. The Bertz CT molecular complexity index is 146. The van der Waals surface area contributed by atoms with Gasteiger partial charge >= 0.3 is 0 Å². The molecular formula is C9H18N2. The Hall–Kier alpha value is -0.0800. The van der Waals surface area contributed by atoms with Gasteiger partial charge in [-0.3, -0.25) is 0 Å². The second kappa shape index (κ2) is 2.76. The fraction of sp³-hybridized carbons (Fsp3) is 1.00. The Morgan fingerprint density at radius 2 is 2.18 bits per heavy atom. The summed E-state index contributed by atoms with van der Waals surface area (Å²) < 4.78 is 0. The predicted molar refractivity (Wildman–Crippen MR) is 46.6 cm³/mol. The van der Waals surface area contributed by atoms with Gasteiger partial charge < -0.3 is 9.80 Å². The highest BCUT2D eigenvalue weighted by molar-refractivity contribution is 4.94. The van der Waals surface area contributed by atoms with Crippen LogP contribution in [-0.4, -0.2) is 49.1 Å². The van der Waals surface area contributed by atoms with E-state index < -0.39 is 0 Å². The van der Waals surface area contributed by atoms with Gasteiger partial charge in [-0.25, -0.2) is 0 Å². The second-order valence-corrected chi connectivity index (χ2v) is 3.95. The highest BCUT2D eigenvalue weighted by atomic mass is 15.3. The summed E-state index contributed by atoms with van der Waals surface area (Å²) in [5.41, 5.74) is 0. The Labute approximate surface area is 69.2 Å². The van der Waals surface area contributed by atoms with E-state index in [0.717, 1.165) is 12.0 Å². The Kier molecular flexibility index (Phi) is 1.90. The molecule has 2 rings (SSSR count). The van der Waals surface area contributed by atoms with Crippen molar-refractivity contribution in [3.05, 3.63) is 0 Å². The quantitative estimate of drug-likeness (QED) is 0.547. The van der Waals surface area contributed by atoms with Crippen LogP contribution in [0, 0.1) is 5.92 Å². The molecule has 64 valence electrons. The average Bonchev–Trinajstić information content (AvgIpc) is 2.53. The number of hydrogen-bond donors (Lipinski definition) is 0. The first kappa shape index (κ1) is 7.56. The van der Waals surface area contributed by atoms with E-state index in [1.165, 1.54) is 32.6 Å². The van der Waals surface area contributed by atoms with E-state index in [-0.39, 0.29) is 0 Å². The molecule has 0 radical (unpaired) electrons. The SMILES string of the molecule is CCN1C[C@@H]2CCN(C)[C@@H]2C1. The van der Waals surface area contributed by atoms with E-state index in [9.17, 15) is 0 Å². The van der Waals surface area contributed by atoms with Crippen LogP contribution in [0.4, 0.5) is 0 Å². The molecule has 2 nitrogen and oxygen atoms in total. The number of nitrogens with zero attached hydrogens (tertiary/aromatic N) is 2. The number of likely N-dealkylation sites (N-methyl/N-ethyl adjacent to an activating group) is 2.